The van der Waals surface area contributed by atoms with Gasteiger partial charge in [-0.25, -0.2) is 0 Å². The van der Waals surface area contributed by atoms with Crippen molar-refractivity contribution in [3.8, 4) is 0 Å². The summed E-state index contributed by atoms with van der Waals surface area (Å²) in [5.41, 5.74) is 0.950. The van der Waals surface area contributed by atoms with Gasteiger partial charge in [-0.15, -0.1) is 0 Å². The van der Waals surface area contributed by atoms with Gasteiger partial charge in [0, 0.05) is 0 Å². The molecule has 2 saturated carbocycles. The Hall–Kier alpha value is -0.930. The van der Waals surface area contributed by atoms with Crippen molar-refractivity contribution < 1.29 is 18.7 Å². The van der Waals surface area contributed by atoms with Gasteiger partial charge in [0.15, 0.2) is 5.85 Å². The van der Waals surface area contributed by atoms with Crippen LogP contribution < -0.4 is 0 Å². The van der Waals surface area contributed by atoms with Crippen molar-refractivity contribution in [1.82, 2.24) is 0 Å². The predicted octanol–water partition coefficient (Wildman–Crippen LogP) is 8.17. The molecule has 0 unspecified atom stereocenters. The van der Waals surface area contributed by atoms with E-state index in [1.165, 1.54) is 12.8 Å². The Morgan fingerprint density at radius 1 is 0.853 bits per heavy atom. The topological polar surface area (TPSA) is 55.8 Å². The third-order valence-electron chi connectivity index (χ3n) is 8.07. The minimum absolute atomic E-state index is 0.159. The Balaban J connectivity index is 1.89. The Labute approximate surface area is 208 Å². The van der Waals surface area contributed by atoms with Crippen LogP contribution in [0, 0.1) is 35.5 Å². The van der Waals surface area contributed by atoms with Gasteiger partial charge in [0.05, 0.1) is 12.2 Å². The van der Waals surface area contributed by atoms with Crippen LogP contribution in [0.1, 0.15) is 85.6 Å². The molecule has 5 heteroatoms. The van der Waals surface area contributed by atoms with E-state index in [9.17, 15) is 9.67 Å². The van der Waals surface area contributed by atoms with E-state index in [1.54, 1.807) is 6.08 Å². The number of rotatable bonds is 9. The highest BCUT2D eigenvalue weighted by Gasteiger charge is 2.45. The van der Waals surface area contributed by atoms with Crippen LogP contribution in [-0.4, -0.2) is 23.2 Å². The van der Waals surface area contributed by atoms with E-state index < -0.39 is 13.4 Å². The Bertz CT molecular complexity index is 783. The minimum Gasteiger partial charge on any atom is -0.377 e. The van der Waals surface area contributed by atoms with E-state index in [4.69, 9.17) is 9.05 Å². The quantitative estimate of drug-likeness (QED) is 0.355. The van der Waals surface area contributed by atoms with Gasteiger partial charge in [0.1, 0.15) is 0 Å². The molecular weight excluding hydrogens is 443 g/mol. The summed E-state index contributed by atoms with van der Waals surface area (Å²) < 4.78 is 27.4. The lowest BCUT2D eigenvalue weighted by atomic mass is 9.75. The van der Waals surface area contributed by atoms with E-state index in [2.05, 4.69) is 41.5 Å². The number of hydrogen-bond donors (Lipinski definition) is 1. The van der Waals surface area contributed by atoms with E-state index in [0.29, 0.717) is 35.5 Å². The predicted molar refractivity (Wildman–Crippen MR) is 142 cm³/mol. The average Bonchev–Trinajstić information content (AvgIpc) is 2.77. The van der Waals surface area contributed by atoms with Crippen molar-refractivity contribution >= 4 is 13.7 Å². The Morgan fingerprint density at radius 3 is 1.76 bits per heavy atom. The van der Waals surface area contributed by atoms with Crippen LogP contribution in [0.4, 0.5) is 0 Å². The highest BCUT2D eigenvalue weighted by Crippen LogP contribution is 2.59. The van der Waals surface area contributed by atoms with E-state index >= 15 is 0 Å². The molecule has 0 aliphatic heterocycles. The molecule has 7 atom stereocenters. The second-order valence-electron chi connectivity index (χ2n) is 11.7. The summed E-state index contributed by atoms with van der Waals surface area (Å²) in [6.07, 6.45) is 9.28. The van der Waals surface area contributed by atoms with E-state index in [0.717, 1.165) is 31.2 Å². The van der Waals surface area contributed by atoms with Crippen molar-refractivity contribution in [2.45, 2.75) is 98.1 Å². The van der Waals surface area contributed by atoms with Crippen LogP contribution in [0.15, 0.2) is 36.4 Å². The molecule has 0 amide bonds. The third-order valence-corrected chi connectivity index (χ3v) is 10.0. The fraction of sp³-hybridized carbons (Fsp3) is 0.724. The third kappa shape index (κ3) is 7.29. The first kappa shape index (κ1) is 27.7. The van der Waals surface area contributed by atoms with Gasteiger partial charge in [0.2, 0.25) is 0 Å². The minimum atomic E-state index is -3.82. The monoisotopic (exact) mass is 490 g/mol. The number of hydrogen-bond acceptors (Lipinski definition) is 4. The summed E-state index contributed by atoms with van der Waals surface area (Å²) in [7, 11) is -3.82. The molecule has 4 nitrogen and oxygen atoms in total. The molecule has 0 bridgehead atoms. The lowest BCUT2D eigenvalue weighted by Crippen LogP contribution is -2.37. The van der Waals surface area contributed by atoms with Crippen molar-refractivity contribution in [2.75, 3.05) is 0 Å². The van der Waals surface area contributed by atoms with E-state index in [1.807, 2.05) is 36.4 Å². The van der Waals surface area contributed by atoms with Crippen LogP contribution in [0.5, 0.6) is 0 Å². The fourth-order valence-electron chi connectivity index (χ4n) is 5.87. The van der Waals surface area contributed by atoms with Gasteiger partial charge in [-0.1, -0.05) is 90.8 Å². The first-order valence-corrected chi connectivity index (χ1v) is 15.1. The zero-order valence-corrected chi connectivity index (χ0v) is 23.0. The zero-order chi connectivity index (χ0) is 24.9. The maximum atomic E-state index is 14.5. The fourth-order valence-corrected chi connectivity index (χ4v) is 7.70. The molecule has 0 spiro atoms. The van der Waals surface area contributed by atoms with E-state index in [-0.39, 0.29) is 12.2 Å². The van der Waals surface area contributed by atoms with Gasteiger partial charge in [-0.05, 0) is 72.8 Å². The van der Waals surface area contributed by atoms with Crippen LogP contribution in [0.3, 0.4) is 0 Å². The Morgan fingerprint density at radius 2 is 1.32 bits per heavy atom. The zero-order valence-electron chi connectivity index (χ0n) is 22.1. The van der Waals surface area contributed by atoms with Crippen LogP contribution in [0.2, 0.25) is 0 Å². The van der Waals surface area contributed by atoms with Crippen molar-refractivity contribution in [3.05, 3.63) is 42.0 Å². The first-order chi connectivity index (χ1) is 16.1. The molecule has 34 heavy (non-hydrogen) atoms. The second kappa shape index (κ2) is 12.3. The molecule has 1 N–H and O–H groups in total. The maximum absolute atomic E-state index is 14.5. The maximum Gasteiger partial charge on any atom is 0.363 e. The van der Waals surface area contributed by atoms with Crippen molar-refractivity contribution in [3.63, 3.8) is 0 Å². The lowest BCUT2D eigenvalue weighted by Gasteiger charge is -2.42. The standard InChI is InChI=1S/C29H47O4P/c1-20(2)25-15-12-22(5)18-27(25)32-34(31,29(30)17-14-24-10-8-7-9-11-24)33-28-19-23(6)13-16-26(28)21(3)4/h7-11,14,17,20-23,25-30H,12-13,15-16,18-19H2,1-6H3/b17-14+/t22-,23-,25-,26-,27-,28-,29+/m1/s1. The van der Waals surface area contributed by atoms with Crippen LogP contribution in [0.25, 0.3) is 6.08 Å². The SMILES string of the molecule is CC(C)[C@H]1CC[C@@H](C)C[C@H]1OP(=O)(O[C@@H]1C[C@H](C)CC[C@@H]1C(C)C)[C@H](O)/C=C/c1ccccc1. The molecule has 0 heterocycles. The second-order valence-corrected chi connectivity index (χ2v) is 13.7. The molecule has 2 aliphatic carbocycles. The van der Waals surface area contributed by atoms with Gasteiger partial charge in [0.25, 0.3) is 0 Å². The van der Waals surface area contributed by atoms with Gasteiger partial charge >= 0.3 is 7.60 Å². The van der Waals surface area contributed by atoms with Crippen LogP contribution in [-0.2, 0) is 13.6 Å². The molecule has 0 radical (unpaired) electrons. The highest BCUT2D eigenvalue weighted by atomic mass is 31.2. The Kier molecular flexibility index (Phi) is 10.0. The van der Waals surface area contributed by atoms with Gasteiger partial charge < -0.3 is 14.2 Å². The molecule has 2 aliphatic rings. The number of benzene rings is 1. The normalized spacial score (nSPS) is 31.9. The van der Waals surface area contributed by atoms with Gasteiger partial charge in [-0.3, -0.25) is 4.57 Å². The largest absolute Gasteiger partial charge is 0.377 e. The van der Waals surface area contributed by atoms with Crippen molar-refractivity contribution in [2.24, 2.45) is 35.5 Å². The first-order valence-electron chi connectivity index (χ1n) is 13.5. The van der Waals surface area contributed by atoms with Crippen LogP contribution >= 0.6 is 7.60 Å². The van der Waals surface area contributed by atoms with Crippen molar-refractivity contribution in [1.29, 1.82) is 0 Å². The summed E-state index contributed by atoms with van der Waals surface area (Å²) in [5, 5.41) is 11.3. The molecule has 0 saturated heterocycles. The molecule has 192 valence electrons. The highest BCUT2D eigenvalue weighted by molar-refractivity contribution is 7.54. The molecule has 2 fully saturated rings. The lowest BCUT2D eigenvalue weighted by molar-refractivity contribution is -0.0121. The van der Waals surface area contributed by atoms with Gasteiger partial charge in [-0.2, -0.15) is 0 Å². The summed E-state index contributed by atoms with van der Waals surface area (Å²) in [5.74, 6) is 1.26. The molecular formula is C29H47O4P. The summed E-state index contributed by atoms with van der Waals surface area (Å²) in [4.78, 5) is 0. The molecule has 3 rings (SSSR count). The molecule has 0 aromatic heterocycles. The molecule has 1 aromatic rings. The number of aliphatic hydroxyl groups excluding tert-OH is 1. The summed E-state index contributed by atoms with van der Waals surface area (Å²) >= 11 is 0. The molecule has 1 aromatic carbocycles. The summed E-state index contributed by atoms with van der Waals surface area (Å²) in [6, 6.07) is 9.78. The average molecular weight is 491 g/mol. The summed E-state index contributed by atoms with van der Waals surface area (Å²) in [6.45, 7) is 13.3. The number of aliphatic hydroxyl groups is 1. The smallest absolute Gasteiger partial charge is 0.363 e.